The topological polar surface area (TPSA) is 111 Å². The predicted molar refractivity (Wildman–Crippen MR) is 101 cm³/mol. The number of hydrogen-bond acceptors (Lipinski definition) is 5. The maximum Gasteiger partial charge on any atom is 0.270 e. The molecule has 1 atom stereocenters. The van der Waals surface area contributed by atoms with Crippen molar-refractivity contribution in [3.05, 3.63) is 64.2 Å². The lowest BCUT2D eigenvalue weighted by Gasteiger charge is -2.12. The molecule has 0 saturated heterocycles. The number of nitro groups is 1. The molecule has 0 spiro atoms. The average molecular weight is 371 g/mol. The van der Waals surface area contributed by atoms with Crippen molar-refractivity contribution in [3.8, 4) is 5.75 Å². The SMILES string of the molecule is CC[C@H](C)NC(=O)COc1ccc(NC(=O)c2cccc([N+](=O)[O-])c2)cc1. The van der Waals surface area contributed by atoms with Crippen LogP contribution in [0.1, 0.15) is 30.6 Å². The molecule has 142 valence electrons. The number of nitro benzene ring substituents is 1. The highest BCUT2D eigenvalue weighted by Gasteiger charge is 2.12. The fourth-order valence-corrected chi connectivity index (χ4v) is 2.17. The molecule has 2 rings (SSSR count). The highest BCUT2D eigenvalue weighted by atomic mass is 16.6. The van der Waals surface area contributed by atoms with Gasteiger partial charge in [0.25, 0.3) is 17.5 Å². The van der Waals surface area contributed by atoms with Gasteiger partial charge in [-0.15, -0.1) is 0 Å². The molecule has 0 aromatic heterocycles. The van der Waals surface area contributed by atoms with Crippen molar-refractivity contribution in [3.63, 3.8) is 0 Å². The third kappa shape index (κ3) is 6.10. The van der Waals surface area contributed by atoms with Crippen molar-refractivity contribution in [1.82, 2.24) is 5.32 Å². The normalized spacial score (nSPS) is 11.3. The first-order chi connectivity index (χ1) is 12.9. The first-order valence-corrected chi connectivity index (χ1v) is 8.47. The first kappa shape index (κ1) is 19.9. The van der Waals surface area contributed by atoms with E-state index in [1.807, 2.05) is 13.8 Å². The van der Waals surface area contributed by atoms with Crippen LogP contribution in [0.5, 0.6) is 5.75 Å². The molecule has 0 heterocycles. The third-order valence-electron chi connectivity index (χ3n) is 3.82. The number of nitrogens with zero attached hydrogens (tertiary/aromatic N) is 1. The van der Waals surface area contributed by atoms with E-state index in [0.717, 1.165) is 6.42 Å². The second-order valence-corrected chi connectivity index (χ2v) is 5.95. The minimum absolute atomic E-state index is 0.0903. The molecule has 0 saturated carbocycles. The summed E-state index contributed by atoms with van der Waals surface area (Å²) in [5, 5.41) is 16.2. The Labute approximate surface area is 156 Å². The predicted octanol–water partition coefficient (Wildman–Crippen LogP) is 3.14. The summed E-state index contributed by atoms with van der Waals surface area (Å²) in [6.45, 7) is 3.80. The molecular formula is C19H21N3O5. The minimum Gasteiger partial charge on any atom is -0.484 e. The van der Waals surface area contributed by atoms with Crippen molar-refractivity contribution >= 4 is 23.2 Å². The van der Waals surface area contributed by atoms with Gasteiger partial charge in [0.2, 0.25) is 0 Å². The van der Waals surface area contributed by atoms with Crippen LogP contribution in [0.3, 0.4) is 0 Å². The van der Waals surface area contributed by atoms with E-state index in [4.69, 9.17) is 4.74 Å². The van der Waals surface area contributed by atoms with Crippen molar-refractivity contribution < 1.29 is 19.2 Å². The number of amides is 2. The maximum atomic E-state index is 12.2. The molecule has 27 heavy (non-hydrogen) atoms. The number of benzene rings is 2. The van der Waals surface area contributed by atoms with E-state index in [0.29, 0.717) is 11.4 Å². The highest BCUT2D eigenvalue weighted by Crippen LogP contribution is 2.18. The fourth-order valence-electron chi connectivity index (χ4n) is 2.17. The number of carbonyl (C=O) groups is 2. The van der Waals surface area contributed by atoms with E-state index < -0.39 is 10.8 Å². The van der Waals surface area contributed by atoms with Gasteiger partial charge in [-0.1, -0.05) is 13.0 Å². The van der Waals surface area contributed by atoms with Crippen molar-refractivity contribution in [1.29, 1.82) is 0 Å². The second-order valence-electron chi connectivity index (χ2n) is 5.95. The maximum absolute atomic E-state index is 12.2. The quantitative estimate of drug-likeness (QED) is 0.547. The van der Waals surface area contributed by atoms with Crippen LogP contribution in [0, 0.1) is 10.1 Å². The molecule has 8 heteroatoms. The van der Waals surface area contributed by atoms with Crippen molar-refractivity contribution in [2.45, 2.75) is 26.3 Å². The van der Waals surface area contributed by atoms with E-state index in [2.05, 4.69) is 10.6 Å². The van der Waals surface area contributed by atoms with Crippen LogP contribution in [0.2, 0.25) is 0 Å². The summed E-state index contributed by atoms with van der Waals surface area (Å²) in [6, 6.07) is 12.1. The molecule has 0 unspecified atom stereocenters. The molecule has 0 radical (unpaired) electrons. The zero-order valence-electron chi connectivity index (χ0n) is 15.1. The summed E-state index contributed by atoms with van der Waals surface area (Å²) in [5.74, 6) is -0.171. The number of non-ortho nitro benzene ring substituents is 1. The number of ether oxygens (including phenoxy) is 1. The molecule has 2 aromatic rings. The molecule has 0 fully saturated rings. The van der Waals surface area contributed by atoms with Gasteiger partial charge in [-0.05, 0) is 43.7 Å². The van der Waals surface area contributed by atoms with E-state index in [9.17, 15) is 19.7 Å². The van der Waals surface area contributed by atoms with Crippen molar-refractivity contribution in [2.24, 2.45) is 0 Å². The summed E-state index contributed by atoms with van der Waals surface area (Å²) in [7, 11) is 0. The summed E-state index contributed by atoms with van der Waals surface area (Å²) < 4.78 is 5.40. The van der Waals surface area contributed by atoms with Crippen LogP contribution in [0.25, 0.3) is 0 Å². The van der Waals surface area contributed by atoms with Gasteiger partial charge in [0.1, 0.15) is 5.75 Å². The van der Waals surface area contributed by atoms with E-state index in [1.54, 1.807) is 24.3 Å². The van der Waals surface area contributed by atoms with Crippen LogP contribution in [0.4, 0.5) is 11.4 Å². The Hall–Kier alpha value is -3.42. The fraction of sp³-hybridized carbons (Fsp3) is 0.263. The number of carbonyl (C=O) groups excluding carboxylic acids is 2. The number of hydrogen-bond donors (Lipinski definition) is 2. The molecular weight excluding hydrogens is 350 g/mol. The summed E-state index contributed by atoms with van der Waals surface area (Å²) in [5.41, 5.74) is 0.538. The molecule has 0 bridgehead atoms. The summed E-state index contributed by atoms with van der Waals surface area (Å²) in [6.07, 6.45) is 0.838. The highest BCUT2D eigenvalue weighted by molar-refractivity contribution is 6.04. The first-order valence-electron chi connectivity index (χ1n) is 8.47. The molecule has 0 aliphatic rings. The zero-order chi connectivity index (χ0) is 19.8. The van der Waals surface area contributed by atoms with Gasteiger partial charge in [0, 0.05) is 29.4 Å². The van der Waals surface area contributed by atoms with Crippen LogP contribution < -0.4 is 15.4 Å². The monoisotopic (exact) mass is 371 g/mol. The van der Waals surface area contributed by atoms with Gasteiger partial charge >= 0.3 is 0 Å². The van der Waals surface area contributed by atoms with Crippen LogP contribution in [-0.4, -0.2) is 29.4 Å². The van der Waals surface area contributed by atoms with Gasteiger partial charge in [0.15, 0.2) is 6.61 Å². The molecule has 2 amide bonds. The number of anilines is 1. The molecule has 0 aliphatic carbocycles. The Balaban J connectivity index is 1.91. The molecule has 2 aromatic carbocycles. The Morgan fingerprint density at radius 2 is 1.89 bits per heavy atom. The van der Waals surface area contributed by atoms with Crippen LogP contribution in [0.15, 0.2) is 48.5 Å². The zero-order valence-corrected chi connectivity index (χ0v) is 15.1. The van der Waals surface area contributed by atoms with Gasteiger partial charge in [-0.25, -0.2) is 0 Å². The summed E-state index contributed by atoms with van der Waals surface area (Å²) >= 11 is 0. The lowest BCUT2D eigenvalue weighted by atomic mass is 10.2. The molecule has 0 aliphatic heterocycles. The van der Waals surface area contributed by atoms with E-state index in [1.165, 1.54) is 24.3 Å². The molecule has 8 nitrogen and oxygen atoms in total. The van der Waals surface area contributed by atoms with E-state index >= 15 is 0 Å². The minimum atomic E-state index is -0.555. The Kier molecular flexibility index (Phi) is 6.87. The van der Waals surface area contributed by atoms with Gasteiger partial charge in [-0.3, -0.25) is 19.7 Å². The Morgan fingerprint density at radius 1 is 1.19 bits per heavy atom. The smallest absolute Gasteiger partial charge is 0.270 e. The largest absolute Gasteiger partial charge is 0.484 e. The van der Waals surface area contributed by atoms with Gasteiger partial charge < -0.3 is 15.4 Å². The second kappa shape index (κ2) is 9.33. The van der Waals surface area contributed by atoms with Crippen LogP contribution >= 0.6 is 0 Å². The Bertz CT molecular complexity index is 820. The van der Waals surface area contributed by atoms with Gasteiger partial charge in [-0.2, -0.15) is 0 Å². The average Bonchev–Trinajstić information content (AvgIpc) is 2.67. The number of nitrogens with one attached hydrogen (secondary N) is 2. The standard InChI is InChI=1S/C19H21N3O5/c1-3-13(2)20-18(23)12-27-17-9-7-15(8-10-17)21-19(24)14-5-4-6-16(11-14)22(25)26/h4-11,13H,3,12H2,1-2H3,(H,20,23)(H,21,24)/t13-/m0/s1. The third-order valence-corrected chi connectivity index (χ3v) is 3.82. The number of rotatable bonds is 8. The lowest BCUT2D eigenvalue weighted by molar-refractivity contribution is -0.384. The lowest BCUT2D eigenvalue weighted by Crippen LogP contribution is -2.35. The Morgan fingerprint density at radius 3 is 2.52 bits per heavy atom. The van der Waals surface area contributed by atoms with Crippen molar-refractivity contribution in [2.75, 3.05) is 11.9 Å². The molecule has 2 N–H and O–H groups in total. The van der Waals surface area contributed by atoms with Crippen LogP contribution in [-0.2, 0) is 4.79 Å². The van der Waals surface area contributed by atoms with Gasteiger partial charge in [0.05, 0.1) is 4.92 Å². The van der Waals surface area contributed by atoms with E-state index in [-0.39, 0.29) is 29.8 Å². The summed E-state index contributed by atoms with van der Waals surface area (Å²) in [4.78, 5) is 34.1.